The number of carboxylic acid groups (broad SMARTS) is 2. The molecule has 3 aromatic rings. The number of aromatic hydroxyl groups is 6. The average Bonchev–Trinajstić information content (AvgIpc) is 3.07. The number of hydrogen-bond acceptors (Lipinski definition) is 15. The molecule has 0 fully saturated rings. The highest BCUT2D eigenvalue weighted by molar-refractivity contribution is 6.23. The van der Waals surface area contributed by atoms with Gasteiger partial charge in [-0.25, -0.2) is 9.59 Å². The Labute approximate surface area is 279 Å². The van der Waals surface area contributed by atoms with Crippen molar-refractivity contribution in [1.82, 2.24) is 0 Å². The zero-order valence-corrected chi connectivity index (χ0v) is 25.1. The van der Waals surface area contributed by atoms with E-state index in [4.69, 9.17) is 0 Å². The van der Waals surface area contributed by atoms with Crippen LogP contribution in [0.4, 0.5) is 0 Å². The van der Waals surface area contributed by atoms with Gasteiger partial charge in [-0.1, -0.05) is 36.4 Å². The van der Waals surface area contributed by atoms with E-state index in [0.717, 1.165) is 54.6 Å². The number of aliphatic hydroxyl groups excluding tert-OH is 1. The molecule has 0 aliphatic rings. The third-order valence-corrected chi connectivity index (χ3v) is 7.38. The first-order valence-corrected chi connectivity index (χ1v) is 13.8. The van der Waals surface area contributed by atoms with Crippen molar-refractivity contribution in [3.05, 3.63) is 89.5 Å². The van der Waals surface area contributed by atoms with Crippen molar-refractivity contribution < 1.29 is 85.3 Å². The van der Waals surface area contributed by atoms with Crippen molar-refractivity contribution in [2.24, 2.45) is 0 Å². The summed E-state index contributed by atoms with van der Waals surface area (Å²) in [7, 11) is 0. The number of aliphatic hydroxyl groups is 4. The SMILES string of the molecule is O=C(O)[C@@H](O)[C@](O)(C(=O)/C=C/c1ccc(O)c(O)c1)[C@](O)(C(=O)/C=C/c1ccc(O)c(O)c1)[C@](O)(C(=O)O)C(=O)/C=C/c1ccc(O)c(O)c1. The summed E-state index contributed by atoms with van der Waals surface area (Å²) < 4.78 is 0. The van der Waals surface area contributed by atoms with Gasteiger partial charge in [-0.3, -0.25) is 14.4 Å². The minimum atomic E-state index is -4.85. The number of carbonyl (C=O) groups is 5. The zero-order valence-electron chi connectivity index (χ0n) is 25.1. The van der Waals surface area contributed by atoms with Crippen LogP contribution in [0.1, 0.15) is 16.7 Å². The van der Waals surface area contributed by atoms with Gasteiger partial charge >= 0.3 is 11.9 Å². The monoisotopic (exact) mass is 696 g/mol. The third kappa shape index (κ3) is 6.86. The fraction of sp³-hybridized carbons (Fsp3) is 0.121. The molecule has 0 heterocycles. The lowest BCUT2D eigenvalue weighted by molar-refractivity contribution is -0.247. The molecule has 0 saturated heterocycles. The average molecular weight is 697 g/mol. The Morgan fingerprint density at radius 1 is 0.520 bits per heavy atom. The summed E-state index contributed by atoms with van der Waals surface area (Å²) in [4.78, 5) is 65.7. The molecule has 262 valence electrons. The Kier molecular flexibility index (Phi) is 10.8. The van der Waals surface area contributed by atoms with E-state index in [1.807, 2.05) is 0 Å². The Hall–Kier alpha value is -6.53. The first-order valence-electron chi connectivity index (χ1n) is 13.8. The van der Waals surface area contributed by atoms with Crippen LogP contribution in [0.3, 0.4) is 0 Å². The number of hydrogen-bond donors (Lipinski definition) is 12. The zero-order chi connectivity index (χ0) is 37.8. The molecule has 3 aromatic carbocycles. The normalized spacial score (nSPS) is 16.0. The topological polar surface area (TPSA) is 328 Å². The summed E-state index contributed by atoms with van der Waals surface area (Å²) in [5, 5.41) is 123. The maximum absolute atomic E-state index is 13.8. The highest BCUT2D eigenvalue weighted by Gasteiger charge is 2.77. The van der Waals surface area contributed by atoms with Crippen LogP contribution in [0, 0.1) is 0 Å². The van der Waals surface area contributed by atoms with Crippen molar-refractivity contribution in [1.29, 1.82) is 0 Å². The van der Waals surface area contributed by atoms with Crippen LogP contribution in [0.5, 0.6) is 34.5 Å². The van der Waals surface area contributed by atoms with E-state index < -0.39 is 86.7 Å². The van der Waals surface area contributed by atoms with Gasteiger partial charge in [0.25, 0.3) is 5.60 Å². The number of ketones is 3. The molecule has 0 spiro atoms. The van der Waals surface area contributed by atoms with E-state index in [1.165, 1.54) is 0 Å². The summed E-state index contributed by atoms with van der Waals surface area (Å²) in [5.74, 6) is -16.2. The highest BCUT2D eigenvalue weighted by Crippen LogP contribution is 2.41. The molecule has 0 aliphatic heterocycles. The number of phenols is 6. The number of benzene rings is 3. The van der Waals surface area contributed by atoms with Gasteiger partial charge in [-0.15, -0.1) is 0 Å². The molecule has 0 aromatic heterocycles. The van der Waals surface area contributed by atoms with Crippen LogP contribution in [0.2, 0.25) is 0 Å². The number of aliphatic carboxylic acids is 2. The van der Waals surface area contributed by atoms with Crippen molar-refractivity contribution >= 4 is 47.5 Å². The molecule has 0 aliphatic carbocycles. The molecule has 0 radical (unpaired) electrons. The lowest BCUT2D eigenvalue weighted by Crippen LogP contribution is -2.82. The van der Waals surface area contributed by atoms with Gasteiger partial charge in [0.15, 0.2) is 52.2 Å². The number of rotatable bonds is 14. The minimum absolute atomic E-state index is 0.156. The molecule has 17 heteroatoms. The second kappa shape index (κ2) is 14.3. The molecule has 17 nitrogen and oxygen atoms in total. The van der Waals surface area contributed by atoms with Gasteiger partial charge < -0.3 is 61.3 Å². The predicted molar refractivity (Wildman–Crippen MR) is 168 cm³/mol. The van der Waals surface area contributed by atoms with Crippen molar-refractivity contribution in [2.75, 3.05) is 0 Å². The van der Waals surface area contributed by atoms with Crippen molar-refractivity contribution in [3.63, 3.8) is 0 Å². The van der Waals surface area contributed by atoms with E-state index in [0.29, 0.717) is 18.2 Å². The molecular formula is C33H28O17. The standard InChI is InChI=1S/C33H28O17/c34-19-7-1-16(13-22(19)37)4-10-25(40)31(48,28(43)29(44)45)33(50,27(42)12-6-18-3-9-21(36)24(39)15-18)32(49,30(46)47)26(41)11-5-17-2-8-20(35)23(38)14-17/h1-15,28,34-39,43,48-50H,(H,44,45)(H,46,47)/b10-4+,11-5+,12-6+/t28-,31-,32-,33-/m1/s1. The lowest BCUT2D eigenvalue weighted by Gasteiger charge is -2.47. The van der Waals surface area contributed by atoms with E-state index in [-0.39, 0.29) is 34.9 Å². The number of carbonyl (C=O) groups excluding carboxylic acids is 3. The second-order valence-electron chi connectivity index (χ2n) is 10.6. The number of carboxylic acids is 2. The number of phenolic OH excluding ortho intramolecular Hbond substituents is 6. The smallest absolute Gasteiger partial charge is 0.347 e. The summed E-state index contributed by atoms with van der Waals surface area (Å²) >= 11 is 0. The summed E-state index contributed by atoms with van der Waals surface area (Å²) in [6, 6.07) is 8.42. The lowest BCUT2D eigenvalue weighted by atomic mass is 9.62. The first kappa shape index (κ1) is 37.9. The largest absolute Gasteiger partial charge is 0.504 e. The summed E-state index contributed by atoms with van der Waals surface area (Å²) in [6.45, 7) is 0. The van der Waals surface area contributed by atoms with Gasteiger partial charge in [0.1, 0.15) is 0 Å². The maximum Gasteiger partial charge on any atom is 0.347 e. The molecule has 0 unspecified atom stereocenters. The van der Waals surface area contributed by atoms with Crippen LogP contribution in [0.15, 0.2) is 72.8 Å². The fourth-order valence-electron chi connectivity index (χ4n) is 4.59. The molecule has 0 amide bonds. The van der Waals surface area contributed by atoms with Crippen molar-refractivity contribution in [2.45, 2.75) is 22.9 Å². The fourth-order valence-corrected chi connectivity index (χ4v) is 4.59. The molecule has 12 N–H and O–H groups in total. The van der Waals surface area contributed by atoms with Crippen LogP contribution >= 0.6 is 0 Å². The minimum Gasteiger partial charge on any atom is -0.504 e. The van der Waals surface area contributed by atoms with Gasteiger partial charge in [0, 0.05) is 0 Å². The molecule has 50 heavy (non-hydrogen) atoms. The Balaban J connectivity index is 2.35. The van der Waals surface area contributed by atoms with E-state index in [1.54, 1.807) is 0 Å². The van der Waals surface area contributed by atoms with Crippen LogP contribution < -0.4 is 0 Å². The van der Waals surface area contributed by atoms with E-state index in [2.05, 4.69) is 0 Å². The molecule has 0 saturated carbocycles. The second-order valence-corrected chi connectivity index (χ2v) is 10.6. The molecular weight excluding hydrogens is 668 g/mol. The quantitative estimate of drug-likeness (QED) is 0.0589. The Morgan fingerprint density at radius 2 is 0.860 bits per heavy atom. The van der Waals surface area contributed by atoms with E-state index >= 15 is 0 Å². The highest BCUT2D eigenvalue weighted by atomic mass is 16.5. The third-order valence-electron chi connectivity index (χ3n) is 7.38. The molecule has 0 bridgehead atoms. The maximum atomic E-state index is 13.8. The summed E-state index contributed by atoms with van der Waals surface area (Å²) in [5.41, 5.74) is -14.8. The molecule has 4 atom stereocenters. The Morgan fingerprint density at radius 3 is 1.18 bits per heavy atom. The Bertz CT molecular complexity index is 1960. The van der Waals surface area contributed by atoms with E-state index in [9.17, 15) is 85.3 Å². The first-order chi connectivity index (χ1) is 23.2. The van der Waals surface area contributed by atoms with Gasteiger partial charge in [0.05, 0.1) is 0 Å². The van der Waals surface area contributed by atoms with Gasteiger partial charge in [-0.05, 0) is 71.3 Å². The van der Waals surface area contributed by atoms with Crippen molar-refractivity contribution in [3.8, 4) is 34.5 Å². The van der Waals surface area contributed by atoms with Crippen LogP contribution in [-0.2, 0) is 24.0 Å². The van der Waals surface area contributed by atoms with Gasteiger partial charge in [-0.2, -0.15) is 0 Å². The van der Waals surface area contributed by atoms with Crippen LogP contribution in [0.25, 0.3) is 18.2 Å². The van der Waals surface area contributed by atoms with Crippen LogP contribution in [-0.4, -0.2) is 113 Å². The predicted octanol–water partition coefficient (Wildman–Crippen LogP) is -0.209. The summed E-state index contributed by atoms with van der Waals surface area (Å²) in [6.07, 6.45) is -1.12. The molecule has 3 rings (SSSR count). The van der Waals surface area contributed by atoms with Gasteiger partial charge in [0.2, 0.25) is 17.0 Å².